The first kappa shape index (κ1) is 29.7. The quantitative estimate of drug-likeness (QED) is 0.362. The minimum atomic E-state index is -4.03. The number of aromatic carboxylic acids is 1. The number of carbonyl (C=O) groups excluding carboxylic acids is 1. The van der Waals surface area contributed by atoms with Crippen molar-refractivity contribution in [1.29, 1.82) is 0 Å². The van der Waals surface area contributed by atoms with Gasteiger partial charge in [0.1, 0.15) is 21.4 Å². The van der Waals surface area contributed by atoms with E-state index in [0.29, 0.717) is 10.4 Å². The molecule has 1 unspecified atom stereocenters. The van der Waals surface area contributed by atoms with Gasteiger partial charge in [-0.15, -0.1) is 11.3 Å². The van der Waals surface area contributed by atoms with E-state index in [-0.39, 0.29) is 27.9 Å². The van der Waals surface area contributed by atoms with Crippen LogP contribution in [0.25, 0.3) is 10.4 Å². The lowest BCUT2D eigenvalue weighted by Crippen LogP contribution is -2.60. The maximum atomic E-state index is 13.9. The number of halogens is 1. The summed E-state index contributed by atoms with van der Waals surface area (Å²) in [5.74, 6) is -1.27. The molecule has 3 fully saturated rings. The summed E-state index contributed by atoms with van der Waals surface area (Å²) in [6.07, 6.45) is 9.37. The molecule has 2 aromatic heterocycles. The van der Waals surface area contributed by atoms with Crippen LogP contribution in [0.1, 0.15) is 61.0 Å². The predicted octanol–water partition coefficient (Wildman–Crippen LogP) is 5.62. The van der Waals surface area contributed by atoms with Crippen molar-refractivity contribution in [3.05, 3.63) is 59.4 Å². The van der Waals surface area contributed by atoms with Crippen molar-refractivity contribution in [3.63, 3.8) is 0 Å². The number of amides is 1. The van der Waals surface area contributed by atoms with Crippen LogP contribution in [0.4, 0.5) is 15.9 Å². The Hall–Kier alpha value is -3.35. The molecule has 228 valence electrons. The molecule has 2 saturated heterocycles. The van der Waals surface area contributed by atoms with E-state index >= 15 is 0 Å². The monoisotopic (exact) mass is 626 g/mol. The zero-order chi connectivity index (χ0) is 30.1. The van der Waals surface area contributed by atoms with Crippen molar-refractivity contribution in [2.45, 2.75) is 62.3 Å². The Kier molecular flexibility index (Phi) is 8.52. The molecule has 1 atom stereocenters. The van der Waals surface area contributed by atoms with Crippen LogP contribution < -0.4 is 9.80 Å². The molecule has 43 heavy (non-hydrogen) atoms. The predicted molar refractivity (Wildman–Crippen MR) is 164 cm³/mol. The number of carboxylic acids is 1. The van der Waals surface area contributed by atoms with E-state index in [4.69, 9.17) is 0 Å². The summed E-state index contributed by atoms with van der Waals surface area (Å²) in [5, 5.41) is 10.1. The second-order valence-electron chi connectivity index (χ2n) is 11.6. The number of rotatable bonds is 7. The van der Waals surface area contributed by atoms with Gasteiger partial charge in [-0.2, -0.15) is 4.31 Å². The van der Waals surface area contributed by atoms with Crippen LogP contribution in [0, 0.1) is 11.7 Å². The van der Waals surface area contributed by atoms with E-state index in [9.17, 15) is 27.5 Å². The molecule has 1 aliphatic carbocycles. The number of piperazine rings is 1. The fourth-order valence-corrected chi connectivity index (χ4v) is 8.94. The summed E-state index contributed by atoms with van der Waals surface area (Å²) >= 11 is 1.03. The molecule has 3 aliphatic rings. The number of carboxylic acid groups (broad SMARTS) is 1. The van der Waals surface area contributed by atoms with E-state index in [0.717, 1.165) is 75.2 Å². The van der Waals surface area contributed by atoms with Crippen LogP contribution in [-0.2, 0) is 14.8 Å². The molecule has 4 heterocycles. The smallest absolute Gasteiger partial charge is 0.348 e. The fraction of sp³-hybridized carbons (Fsp3) is 0.452. The highest BCUT2D eigenvalue weighted by Crippen LogP contribution is 2.42. The topological polar surface area (TPSA) is 111 Å². The Morgan fingerprint density at radius 1 is 0.977 bits per heavy atom. The number of thiophene rings is 1. The molecule has 3 aromatic rings. The van der Waals surface area contributed by atoms with Gasteiger partial charge in [0, 0.05) is 30.7 Å². The number of sulfonamides is 1. The first-order valence-electron chi connectivity index (χ1n) is 14.9. The zero-order valence-corrected chi connectivity index (χ0v) is 25.5. The van der Waals surface area contributed by atoms with Gasteiger partial charge in [0.25, 0.3) is 0 Å². The number of piperidine rings is 1. The molecule has 1 saturated carbocycles. The Morgan fingerprint density at radius 3 is 2.33 bits per heavy atom. The number of anilines is 2. The van der Waals surface area contributed by atoms with Crippen molar-refractivity contribution in [3.8, 4) is 10.4 Å². The summed E-state index contributed by atoms with van der Waals surface area (Å²) in [6, 6.07) is 10.2. The van der Waals surface area contributed by atoms with Crippen LogP contribution in [0.3, 0.4) is 0 Å². The highest BCUT2D eigenvalue weighted by atomic mass is 32.2. The first-order chi connectivity index (χ1) is 20.7. The molecule has 0 radical (unpaired) electrons. The van der Waals surface area contributed by atoms with Crippen LogP contribution in [0.2, 0.25) is 0 Å². The van der Waals surface area contributed by atoms with Gasteiger partial charge in [-0.25, -0.2) is 22.6 Å². The third-order valence-corrected chi connectivity index (χ3v) is 11.8. The molecule has 0 bridgehead atoms. The summed E-state index contributed by atoms with van der Waals surface area (Å²) < 4.78 is 42.5. The third kappa shape index (κ3) is 6.05. The maximum absolute atomic E-state index is 13.9. The SMILES string of the molecule is O=C(O)c1sc(-c2ccc(F)cc2)cc1N1C(=O)CN(S(=O)(=O)c2ccc(N3CCCCC3)nc2)CC1C1CCCCC1. The van der Waals surface area contributed by atoms with Crippen LogP contribution in [0.5, 0.6) is 0 Å². The Labute approximate surface area is 255 Å². The second-order valence-corrected chi connectivity index (χ2v) is 14.6. The molecule has 2 aliphatic heterocycles. The third-order valence-electron chi connectivity index (χ3n) is 8.83. The van der Waals surface area contributed by atoms with E-state index in [2.05, 4.69) is 9.88 Å². The van der Waals surface area contributed by atoms with Crippen molar-refractivity contribution >= 4 is 44.7 Å². The molecule has 1 amide bonds. The van der Waals surface area contributed by atoms with Crippen LogP contribution >= 0.6 is 11.3 Å². The molecular formula is C31H35FN4O5S2. The second kappa shape index (κ2) is 12.3. The Morgan fingerprint density at radius 2 is 1.67 bits per heavy atom. The van der Waals surface area contributed by atoms with E-state index in [1.807, 2.05) is 0 Å². The highest BCUT2D eigenvalue weighted by Gasteiger charge is 2.44. The number of hydrogen-bond acceptors (Lipinski definition) is 7. The van der Waals surface area contributed by atoms with Gasteiger partial charge < -0.3 is 14.9 Å². The number of aromatic nitrogens is 1. The lowest BCUT2D eigenvalue weighted by molar-refractivity contribution is -0.121. The van der Waals surface area contributed by atoms with Gasteiger partial charge in [0.15, 0.2) is 0 Å². The van der Waals surface area contributed by atoms with E-state index in [1.54, 1.807) is 30.3 Å². The van der Waals surface area contributed by atoms with Crippen LogP contribution in [0.15, 0.2) is 53.6 Å². The molecule has 1 N–H and O–H groups in total. The minimum absolute atomic E-state index is 0.00212. The average Bonchev–Trinajstić information content (AvgIpc) is 3.47. The average molecular weight is 627 g/mol. The molecule has 0 spiro atoms. The minimum Gasteiger partial charge on any atom is -0.477 e. The zero-order valence-electron chi connectivity index (χ0n) is 23.8. The maximum Gasteiger partial charge on any atom is 0.348 e. The van der Waals surface area contributed by atoms with Gasteiger partial charge in [0.2, 0.25) is 15.9 Å². The van der Waals surface area contributed by atoms with Gasteiger partial charge in [-0.1, -0.05) is 31.4 Å². The largest absolute Gasteiger partial charge is 0.477 e. The van der Waals surface area contributed by atoms with Gasteiger partial charge in [-0.05, 0) is 73.9 Å². The fourth-order valence-electron chi connectivity index (χ4n) is 6.60. The van der Waals surface area contributed by atoms with E-state index < -0.39 is 40.3 Å². The first-order valence-corrected chi connectivity index (χ1v) is 17.1. The summed E-state index contributed by atoms with van der Waals surface area (Å²) in [5.41, 5.74) is 0.908. The summed E-state index contributed by atoms with van der Waals surface area (Å²) in [7, 11) is -4.03. The summed E-state index contributed by atoms with van der Waals surface area (Å²) in [6.45, 7) is 1.44. The normalized spacial score (nSPS) is 20.9. The highest BCUT2D eigenvalue weighted by molar-refractivity contribution is 7.89. The van der Waals surface area contributed by atoms with Gasteiger partial charge in [0.05, 0.1) is 18.3 Å². The Balaban J connectivity index is 1.33. The molecule has 6 rings (SSSR count). The Bertz CT molecular complexity index is 1580. The van der Waals surface area contributed by atoms with Crippen molar-refractivity contribution < 1.29 is 27.5 Å². The standard InChI is InChI=1S/C31H35FN4O5S2/c32-23-11-9-22(10-12-23)27-17-25(30(42-27)31(38)39)36-26(21-7-3-1-4-8-21)19-35(20-29(36)37)43(40,41)24-13-14-28(33-18-24)34-15-5-2-6-16-34/h9-14,17-18,21,26H,1-8,15-16,19-20H2,(H,38,39). The molecule has 1 aromatic carbocycles. The number of pyridine rings is 1. The lowest BCUT2D eigenvalue weighted by Gasteiger charge is -2.44. The lowest BCUT2D eigenvalue weighted by atomic mass is 9.82. The van der Waals surface area contributed by atoms with Crippen LogP contribution in [-0.4, -0.2) is 66.9 Å². The van der Waals surface area contributed by atoms with Crippen molar-refractivity contribution in [2.24, 2.45) is 5.92 Å². The number of hydrogen-bond donors (Lipinski definition) is 1. The number of benzene rings is 1. The number of carbonyl (C=O) groups is 2. The van der Waals surface area contributed by atoms with Gasteiger partial charge in [-0.3, -0.25) is 4.79 Å². The molecule has 12 heteroatoms. The summed E-state index contributed by atoms with van der Waals surface area (Å²) in [4.78, 5) is 35.1. The number of nitrogens with zero attached hydrogens (tertiary/aromatic N) is 4. The molecule has 9 nitrogen and oxygen atoms in total. The van der Waals surface area contributed by atoms with Crippen molar-refractivity contribution in [2.75, 3.05) is 36.0 Å². The molecular weight excluding hydrogens is 591 g/mol. The van der Waals surface area contributed by atoms with Crippen molar-refractivity contribution in [1.82, 2.24) is 9.29 Å². The van der Waals surface area contributed by atoms with Gasteiger partial charge >= 0.3 is 5.97 Å². The van der Waals surface area contributed by atoms with E-state index in [1.165, 1.54) is 34.0 Å².